The van der Waals surface area contributed by atoms with Crippen molar-refractivity contribution in [3.63, 3.8) is 0 Å². The maximum Gasteiger partial charge on any atom is 0.138 e. The quantitative estimate of drug-likeness (QED) is 0.736. The number of hydrogen-bond acceptors (Lipinski definition) is 1. The van der Waals surface area contributed by atoms with Gasteiger partial charge in [0.15, 0.2) is 0 Å². The third-order valence-corrected chi connectivity index (χ3v) is 2.72. The minimum Gasteiger partial charge on any atom is -0.299 e. The van der Waals surface area contributed by atoms with E-state index in [4.69, 9.17) is 0 Å². The maximum atomic E-state index is 11.7. The van der Waals surface area contributed by atoms with Gasteiger partial charge >= 0.3 is 0 Å². The first-order chi connectivity index (χ1) is 6.91. The van der Waals surface area contributed by atoms with Gasteiger partial charge in [0.05, 0.1) is 0 Å². The van der Waals surface area contributed by atoms with Crippen LogP contribution in [0.1, 0.15) is 38.3 Å². The molecule has 1 heteroatoms. The molecule has 0 saturated heterocycles. The predicted molar refractivity (Wildman–Crippen MR) is 64.0 cm³/mol. The Kier molecular flexibility index (Phi) is 3.67. The zero-order valence-corrected chi connectivity index (χ0v) is 10.1. The Morgan fingerprint density at radius 1 is 1.20 bits per heavy atom. The van der Waals surface area contributed by atoms with Crippen molar-refractivity contribution in [3.05, 3.63) is 35.4 Å². The monoisotopic (exact) mass is 204 g/mol. The number of rotatable bonds is 3. The third kappa shape index (κ3) is 3.50. The second-order valence-corrected chi connectivity index (χ2v) is 5.10. The van der Waals surface area contributed by atoms with E-state index in [0.29, 0.717) is 12.2 Å². The SMILES string of the molecule is Cc1ccccc1CCC(=O)C(C)(C)C. The van der Waals surface area contributed by atoms with Crippen molar-refractivity contribution in [2.75, 3.05) is 0 Å². The van der Waals surface area contributed by atoms with Crippen LogP contribution in [0.5, 0.6) is 0 Å². The molecule has 0 aliphatic rings. The first-order valence-corrected chi connectivity index (χ1v) is 5.49. The molecule has 15 heavy (non-hydrogen) atoms. The summed E-state index contributed by atoms with van der Waals surface area (Å²) in [4.78, 5) is 11.7. The van der Waals surface area contributed by atoms with E-state index in [9.17, 15) is 4.79 Å². The Labute approximate surface area is 92.5 Å². The van der Waals surface area contributed by atoms with Crippen LogP contribution in [0.15, 0.2) is 24.3 Å². The van der Waals surface area contributed by atoms with Crippen molar-refractivity contribution >= 4 is 5.78 Å². The summed E-state index contributed by atoms with van der Waals surface area (Å²) < 4.78 is 0. The van der Waals surface area contributed by atoms with Gasteiger partial charge in [-0.25, -0.2) is 0 Å². The van der Waals surface area contributed by atoms with Gasteiger partial charge in [0.2, 0.25) is 0 Å². The molecule has 0 fully saturated rings. The fourth-order valence-corrected chi connectivity index (χ4v) is 1.51. The van der Waals surface area contributed by atoms with Gasteiger partial charge in [-0.15, -0.1) is 0 Å². The van der Waals surface area contributed by atoms with Crippen molar-refractivity contribution in [2.45, 2.75) is 40.5 Å². The molecule has 0 spiro atoms. The van der Waals surface area contributed by atoms with Crippen molar-refractivity contribution < 1.29 is 4.79 Å². The van der Waals surface area contributed by atoms with E-state index in [-0.39, 0.29) is 5.41 Å². The molecular weight excluding hydrogens is 184 g/mol. The van der Waals surface area contributed by atoms with Crippen LogP contribution in [-0.2, 0) is 11.2 Å². The van der Waals surface area contributed by atoms with Gasteiger partial charge in [0.1, 0.15) is 5.78 Å². The van der Waals surface area contributed by atoms with E-state index in [1.165, 1.54) is 11.1 Å². The molecule has 0 atom stereocenters. The molecular formula is C14H20O. The lowest BCUT2D eigenvalue weighted by Gasteiger charge is -2.16. The normalized spacial score (nSPS) is 11.5. The number of Topliss-reactive ketones (excluding diaryl/α,β-unsaturated/α-hetero) is 1. The Bertz CT molecular complexity index is 345. The number of benzene rings is 1. The van der Waals surface area contributed by atoms with E-state index < -0.39 is 0 Å². The Morgan fingerprint density at radius 3 is 2.33 bits per heavy atom. The maximum absolute atomic E-state index is 11.7. The zero-order chi connectivity index (χ0) is 11.5. The first kappa shape index (κ1) is 12.0. The van der Waals surface area contributed by atoms with Crippen LogP contribution in [0.2, 0.25) is 0 Å². The van der Waals surface area contributed by atoms with E-state index in [1.54, 1.807) is 0 Å². The largest absolute Gasteiger partial charge is 0.299 e. The summed E-state index contributed by atoms with van der Waals surface area (Å²) in [6, 6.07) is 8.26. The van der Waals surface area contributed by atoms with Gasteiger partial charge in [-0.2, -0.15) is 0 Å². The minimum atomic E-state index is -0.206. The van der Waals surface area contributed by atoms with Crippen molar-refractivity contribution in [3.8, 4) is 0 Å². The molecule has 0 saturated carbocycles. The van der Waals surface area contributed by atoms with Crippen molar-refractivity contribution in [1.29, 1.82) is 0 Å². The summed E-state index contributed by atoms with van der Waals surface area (Å²) in [6.45, 7) is 8.03. The van der Waals surface area contributed by atoms with Gasteiger partial charge in [0, 0.05) is 11.8 Å². The number of carbonyl (C=O) groups is 1. The fourth-order valence-electron chi connectivity index (χ4n) is 1.51. The molecule has 1 aromatic carbocycles. The molecule has 0 bridgehead atoms. The lowest BCUT2D eigenvalue weighted by Crippen LogP contribution is -2.20. The molecule has 0 aromatic heterocycles. The number of aryl methyl sites for hydroxylation is 2. The predicted octanol–water partition coefficient (Wildman–Crippen LogP) is 3.54. The first-order valence-electron chi connectivity index (χ1n) is 5.49. The summed E-state index contributed by atoms with van der Waals surface area (Å²) in [5, 5.41) is 0. The molecule has 0 unspecified atom stereocenters. The fraction of sp³-hybridized carbons (Fsp3) is 0.500. The topological polar surface area (TPSA) is 17.1 Å². The van der Waals surface area contributed by atoms with E-state index in [0.717, 1.165) is 6.42 Å². The second kappa shape index (κ2) is 4.61. The summed E-state index contributed by atoms with van der Waals surface area (Å²) >= 11 is 0. The lowest BCUT2D eigenvalue weighted by molar-refractivity contribution is -0.126. The Morgan fingerprint density at radius 2 is 1.80 bits per heavy atom. The summed E-state index contributed by atoms with van der Waals surface area (Å²) in [5.74, 6) is 0.339. The standard InChI is InChI=1S/C14H20O/c1-11-7-5-6-8-12(11)9-10-13(15)14(2,3)4/h5-8H,9-10H2,1-4H3. The average molecular weight is 204 g/mol. The highest BCUT2D eigenvalue weighted by molar-refractivity contribution is 5.83. The molecule has 1 aromatic rings. The van der Waals surface area contributed by atoms with Crippen LogP contribution in [0.3, 0.4) is 0 Å². The van der Waals surface area contributed by atoms with Crippen LogP contribution in [0.25, 0.3) is 0 Å². The van der Waals surface area contributed by atoms with Crippen LogP contribution < -0.4 is 0 Å². The summed E-state index contributed by atoms with van der Waals surface area (Å²) in [5.41, 5.74) is 2.36. The van der Waals surface area contributed by atoms with Crippen LogP contribution in [-0.4, -0.2) is 5.78 Å². The van der Waals surface area contributed by atoms with Crippen molar-refractivity contribution in [2.24, 2.45) is 5.41 Å². The molecule has 0 N–H and O–H groups in total. The number of hydrogen-bond donors (Lipinski definition) is 0. The number of carbonyl (C=O) groups excluding carboxylic acids is 1. The highest BCUT2D eigenvalue weighted by Gasteiger charge is 2.20. The zero-order valence-electron chi connectivity index (χ0n) is 10.1. The summed E-state index contributed by atoms with van der Waals surface area (Å²) in [6.07, 6.45) is 1.51. The molecule has 0 aliphatic heterocycles. The molecule has 0 aliphatic carbocycles. The van der Waals surface area contributed by atoms with Gasteiger partial charge in [-0.05, 0) is 24.5 Å². The van der Waals surface area contributed by atoms with E-state index >= 15 is 0 Å². The highest BCUT2D eigenvalue weighted by Crippen LogP contribution is 2.19. The average Bonchev–Trinajstić information content (AvgIpc) is 2.14. The second-order valence-electron chi connectivity index (χ2n) is 5.10. The Hall–Kier alpha value is -1.11. The van der Waals surface area contributed by atoms with Gasteiger partial charge in [-0.1, -0.05) is 45.0 Å². The van der Waals surface area contributed by atoms with Gasteiger partial charge in [-0.3, -0.25) is 4.79 Å². The Balaban J connectivity index is 2.59. The van der Waals surface area contributed by atoms with E-state index in [2.05, 4.69) is 19.1 Å². The molecule has 82 valence electrons. The van der Waals surface area contributed by atoms with Crippen LogP contribution in [0, 0.1) is 12.3 Å². The van der Waals surface area contributed by atoms with Crippen molar-refractivity contribution in [1.82, 2.24) is 0 Å². The van der Waals surface area contributed by atoms with Gasteiger partial charge in [0.25, 0.3) is 0 Å². The number of ketones is 1. The highest BCUT2D eigenvalue weighted by atomic mass is 16.1. The molecule has 0 amide bonds. The van der Waals surface area contributed by atoms with Crippen LogP contribution in [0.4, 0.5) is 0 Å². The molecule has 1 nitrogen and oxygen atoms in total. The molecule has 0 radical (unpaired) electrons. The smallest absolute Gasteiger partial charge is 0.138 e. The minimum absolute atomic E-state index is 0.206. The van der Waals surface area contributed by atoms with Crippen LogP contribution >= 0.6 is 0 Å². The lowest BCUT2D eigenvalue weighted by atomic mass is 9.87. The molecule has 0 heterocycles. The van der Waals surface area contributed by atoms with Gasteiger partial charge < -0.3 is 0 Å². The molecule has 1 rings (SSSR count). The van der Waals surface area contributed by atoms with E-state index in [1.807, 2.05) is 32.9 Å². The third-order valence-electron chi connectivity index (χ3n) is 2.72. The summed E-state index contributed by atoms with van der Waals surface area (Å²) in [7, 11) is 0.